The molecule has 3 nitrogen and oxygen atoms in total. The third-order valence-electron chi connectivity index (χ3n) is 2.43. The van der Waals surface area contributed by atoms with Crippen LogP contribution >= 0.6 is 45.5 Å². The molecule has 0 spiro atoms. The summed E-state index contributed by atoms with van der Waals surface area (Å²) in [4.78, 5) is 10.2. The smallest absolute Gasteiger partial charge is 0.171 e. The van der Waals surface area contributed by atoms with Crippen molar-refractivity contribution in [1.29, 1.82) is 0 Å². The molecule has 96 valence electrons. The van der Waals surface area contributed by atoms with Crippen LogP contribution in [0.25, 0.3) is 10.7 Å². The largest absolute Gasteiger partial charge is 0.372 e. The lowest BCUT2D eigenvalue weighted by Crippen LogP contribution is -2.04. The Kier molecular flexibility index (Phi) is 4.80. The Hall–Kier alpha value is -0.400. The molecule has 0 bridgehead atoms. The van der Waals surface area contributed by atoms with E-state index < -0.39 is 0 Å². The first-order valence-corrected chi connectivity index (χ1v) is 7.98. The molecule has 0 fully saturated rings. The summed E-state index contributed by atoms with van der Waals surface area (Å²) in [5.41, 5.74) is 1.09. The Morgan fingerprint density at radius 3 is 2.78 bits per heavy atom. The molecule has 0 saturated carbocycles. The van der Waals surface area contributed by atoms with E-state index in [9.17, 15) is 0 Å². The average Bonchev–Trinajstić information content (AvgIpc) is 2.79. The van der Waals surface area contributed by atoms with Crippen molar-refractivity contribution in [1.82, 2.24) is 9.97 Å². The molecule has 0 amide bonds. The molecule has 18 heavy (non-hydrogen) atoms. The normalized spacial score (nSPS) is 10.7. The van der Waals surface area contributed by atoms with E-state index in [1.54, 1.807) is 11.3 Å². The third-order valence-corrected chi connectivity index (χ3v) is 4.84. The zero-order valence-electron chi connectivity index (χ0n) is 10.1. The highest BCUT2D eigenvalue weighted by Crippen LogP contribution is 2.30. The Labute approximate surface area is 129 Å². The molecule has 2 aromatic rings. The molecule has 2 rings (SSSR count). The van der Waals surface area contributed by atoms with Crippen molar-refractivity contribution >= 4 is 51.3 Å². The van der Waals surface area contributed by atoms with Gasteiger partial charge in [-0.05, 0) is 35.1 Å². The molecule has 1 N–H and O–H groups in total. The summed E-state index contributed by atoms with van der Waals surface area (Å²) in [5, 5.41) is 5.76. The number of halogens is 2. The summed E-state index contributed by atoms with van der Waals surface area (Å²) in [6, 6.07) is 1.91. The third kappa shape index (κ3) is 2.95. The lowest BCUT2D eigenvalue weighted by Gasteiger charge is -2.09. The van der Waals surface area contributed by atoms with Crippen LogP contribution in [-0.2, 0) is 6.42 Å². The zero-order chi connectivity index (χ0) is 13.1. The van der Waals surface area contributed by atoms with E-state index in [1.807, 2.05) is 18.5 Å². The number of aryl methyl sites for hydroxylation is 1. The molecule has 0 radical (unpaired) electrons. The van der Waals surface area contributed by atoms with Crippen LogP contribution in [0.4, 0.5) is 5.82 Å². The summed E-state index contributed by atoms with van der Waals surface area (Å²) < 4.78 is 1.10. The number of rotatable bonds is 4. The summed E-state index contributed by atoms with van der Waals surface area (Å²) in [5.74, 6) is 1.63. The van der Waals surface area contributed by atoms with Crippen molar-refractivity contribution in [3.8, 4) is 10.7 Å². The second-order valence-electron chi connectivity index (χ2n) is 3.79. The van der Waals surface area contributed by atoms with Crippen molar-refractivity contribution in [2.24, 2.45) is 0 Å². The fraction of sp³-hybridized carbons (Fsp3) is 0.333. The molecule has 6 heteroatoms. The molecule has 0 atom stereocenters. The fourth-order valence-electron chi connectivity index (χ4n) is 1.60. The van der Waals surface area contributed by atoms with Crippen LogP contribution in [0.5, 0.6) is 0 Å². The van der Waals surface area contributed by atoms with Crippen LogP contribution in [0.3, 0.4) is 0 Å². The maximum Gasteiger partial charge on any atom is 0.171 e. The minimum atomic E-state index is 0.736. The highest BCUT2D eigenvalue weighted by Gasteiger charge is 2.13. The monoisotopic (exact) mass is 393 g/mol. The molecule has 2 aromatic heterocycles. The van der Waals surface area contributed by atoms with Gasteiger partial charge in [-0.3, -0.25) is 0 Å². The first kappa shape index (κ1) is 14.0. The standard InChI is InChI=1S/C12H13ClIN3S/c1-3-4-8-10(14)12(15-2)17-11(16-8)9-5-7(13)6-18-9/h5-6H,3-4H2,1-2H3,(H,15,16,17). The van der Waals surface area contributed by atoms with Gasteiger partial charge in [-0.2, -0.15) is 0 Å². The number of aromatic nitrogens is 2. The molecule has 0 aliphatic carbocycles. The number of hydrogen-bond donors (Lipinski definition) is 1. The SMILES string of the molecule is CCCc1nc(-c2cc(Cl)cs2)nc(NC)c1I. The zero-order valence-corrected chi connectivity index (χ0v) is 13.9. The number of nitrogens with zero attached hydrogens (tertiary/aromatic N) is 2. The van der Waals surface area contributed by atoms with Crippen LogP contribution in [-0.4, -0.2) is 17.0 Å². The highest BCUT2D eigenvalue weighted by molar-refractivity contribution is 14.1. The van der Waals surface area contributed by atoms with Gasteiger partial charge in [-0.25, -0.2) is 9.97 Å². The number of hydrogen-bond acceptors (Lipinski definition) is 4. The number of thiophene rings is 1. The number of nitrogens with one attached hydrogen (secondary N) is 1. The van der Waals surface area contributed by atoms with E-state index in [0.29, 0.717) is 0 Å². The molecule has 0 aliphatic rings. The Morgan fingerprint density at radius 1 is 1.44 bits per heavy atom. The lowest BCUT2D eigenvalue weighted by molar-refractivity contribution is 0.868. The van der Waals surface area contributed by atoms with Crippen molar-refractivity contribution in [3.63, 3.8) is 0 Å². The molecular weight excluding hydrogens is 381 g/mol. The van der Waals surface area contributed by atoms with Crippen molar-refractivity contribution < 1.29 is 0 Å². The van der Waals surface area contributed by atoms with E-state index in [1.165, 1.54) is 0 Å². The van der Waals surface area contributed by atoms with Crippen LogP contribution in [0.1, 0.15) is 19.0 Å². The number of anilines is 1. The first-order chi connectivity index (χ1) is 8.65. The predicted octanol–water partition coefficient (Wildman–Crippen LogP) is 4.46. The van der Waals surface area contributed by atoms with Gasteiger partial charge in [0.1, 0.15) is 5.82 Å². The van der Waals surface area contributed by atoms with Crippen LogP contribution in [0.2, 0.25) is 5.02 Å². The molecule has 0 aliphatic heterocycles. The van der Waals surface area contributed by atoms with Gasteiger partial charge in [-0.15, -0.1) is 11.3 Å². The van der Waals surface area contributed by atoms with Crippen LogP contribution < -0.4 is 5.32 Å². The van der Waals surface area contributed by atoms with E-state index in [2.05, 4.69) is 44.8 Å². The van der Waals surface area contributed by atoms with Crippen LogP contribution in [0.15, 0.2) is 11.4 Å². The van der Waals surface area contributed by atoms with Gasteiger partial charge in [0.05, 0.1) is 19.2 Å². The van der Waals surface area contributed by atoms with Crippen molar-refractivity contribution in [2.75, 3.05) is 12.4 Å². The summed E-state index contributed by atoms with van der Waals surface area (Å²) in [7, 11) is 1.88. The molecule has 0 unspecified atom stereocenters. The maximum absolute atomic E-state index is 5.95. The molecule has 0 aromatic carbocycles. The van der Waals surface area contributed by atoms with Gasteiger partial charge >= 0.3 is 0 Å². The van der Waals surface area contributed by atoms with E-state index >= 15 is 0 Å². The molecule has 0 saturated heterocycles. The molecular formula is C12H13ClIN3S. The molecule has 2 heterocycles. The second-order valence-corrected chi connectivity index (χ2v) is 6.21. The van der Waals surface area contributed by atoms with E-state index in [-0.39, 0.29) is 0 Å². The first-order valence-electron chi connectivity index (χ1n) is 5.64. The quantitative estimate of drug-likeness (QED) is 0.780. The van der Waals surface area contributed by atoms with Crippen molar-refractivity contribution in [2.45, 2.75) is 19.8 Å². The lowest BCUT2D eigenvalue weighted by atomic mass is 10.2. The summed E-state index contributed by atoms with van der Waals surface area (Å²) in [6.07, 6.45) is 2.03. The van der Waals surface area contributed by atoms with E-state index in [0.717, 1.165) is 43.6 Å². The van der Waals surface area contributed by atoms with E-state index in [4.69, 9.17) is 11.6 Å². The second kappa shape index (κ2) is 6.16. The van der Waals surface area contributed by atoms with Gasteiger partial charge in [0.25, 0.3) is 0 Å². The fourth-order valence-corrected chi connectivity index (χ4v) is 3.39. The Morgan fingerprint density at radius 2 is 2.22 bits per heavy atom. The predicted molar refractivity (Wildman–Crippen MR) is 86.6 cm³/mol. The Balaban J connectivity index is 2.51. The van der Waals surface area contributed by atoms with Gasteiger partial charge in [-0.1, -0.05) is 24.9 Å². The summed E-state index contributed by atoms with van der Waals surface area (Å²) >= 11 is 9.82. The van der Waals surface area contributed by atoms with Crippen LogP contribution in [0, 0.1) is 3.57 Å². The minimum absolute atomic E-state index is 0.736. The maximum atomic E-state index is 5.95. The highest BCUT2D eigenvalue weighted by atomic mass is 127. The van der Waals surface area contributed by atoms with Gasteiger partial charge < -0.3 is 5.32 Å². The minimum Gasteiger partial charge on any atom is -0.372 e. The average molecular weight is 394 g/mol. The summed E-state index contributed by atoms with van der Waals surface area (Å²) in [6.45, 7) is 2.15. The van der Waals surface area contributed by atoms with Gasteiger partial charge in [0, 0.05) is 12.4 Å². The topological polar surface area (TPSA) is 37.8 Å². The van der Waals surface area contributed by atoms with Gasteiger partial charge in [0.2, 0.25) is 0 Å². The van der Waals surface area contributed by atoms with Gasteiger partial charge in [0.15, 0.2) is 5.82 Å². The Bertz CT molecular complexity index is 556. The van der Waals surface area contributed by atoms with Crippen molar-refractivity contribution in [3.05, 3.63) is 25.7 Å².